The summed E-state index contributed by atoms with van der Waals surface area (Å²) in [6.45, 7) is 1.51. The molecule has 1 N–H and O–H groups in total. The van der Waals surface area contributed by atoms with Crippen molar-refractivity contribution in [3.05, 3.63) is 71.0 Å². The van der Waals surface area contributed by atoms with Crippen molar-refractivity contribution >= 4 is 28.9 Å². The van der Waals surface area contributed by atoms with Crippen molar-refractivity contribution in [1.82, 2.24) is 4.98 Å². The first-order chi connectivity index (χ1) is 12.5. The minimum Gasteiger partial charge on any atom is -0.451 e. The molecule has 3 aromatic rings. The molecular weight excluding hydrogens is 355 g/mol. The van der Waals surface area contributed by atoms with Gasteiger partial charge in [0, 0.05) is 16.6 Å². The SMILES string of the molecule is Cc1ccc(-c2nc(C(=O)OCC(=O)Nc3cccc(F)c3)cs2)cc1. The fraction of sp³-hybridized carbons (Fsp3) is 0.105. The van der Waals surface area contributed by atoms with Gasteiger partial charge in [0.05, 0.1) is 0 Å². The second kappa shape index (κ2) is 7.88. The van der Waals surface area contributed by atoms with Crippen molar-refractivity contribution in [3.63, 3.8) is 0 Å². The Labute approximate surface area is 153 Å². The van der Waals surface area contributed by atoms with Crippen LogP contribution in [-0.2, 0) is 9.53 Å². The maximum Gasteiger partial charge on any atom is 0.358 e. The third-order valence-electron chi connectivity index (χ3n) is 3.45. The number of esters is 1. The van der Waals surface area contributed by atoms with Crippen LogP contribution in [0.15, 0.2) is 53.9 Å². The molecule has 132 valence electrons. The van der Waals surface area contributed by atoms with Crippen LogP contribution < -0.4 is 5.32 Å². The molecule has 0 aliphatic carbocycles. The van der Waals surface area contributed by atoms with Gasteiger partial charge in [-0.1, -0.05) is 35.9 Å². The van der Waals surface area contributed by atoms with Crippen LogP contribution in [-0.4, -0.2) is 23.5 Å². The molecule has 3 rings (SSSR count). The molecule has 0 spiro atoms. The summed E-state index contributed by atoms with van der Waals surface area (Å²) < 4.78 is 18.0. The molecule has 7 heteroatoms. The molecule has 0 aliphatic rings. The molecule has 1 heterocycles. The number of hydrogen-bond acceptors (Lipinski definition) is 5. The highest BCUT2D eigenvalue weighted by molar-refractivity contribution is 7.13. The molecule has 2 aromatic carbocycles. The highest BCUT2D eigenvalue weighted by Gasteiger charge is 2.15. The normalized spacial score (nSPS) is 10.4. The van der Waals surface area contributed by atoms with E-state index in [-0.39, 0.29) is 5.69 Å². The van der Waals surface area contributed by atoms with Gasteiger partial charge >= 0.3 is 5.97 Å². The number of aryl methyl sites for hydroxylation is 1. The molecule has 0 fully saturated rings. The number of thiazole rings is 1. The Kier molecular flexibility index (Phi) is 5.38. The predicted molar refractivity (Wildman–Crippen MR) is 97.6 cm³/mol. The zero-order valence-corrected chi connectivity index (χ0v) is 14.7. The zero-order valence-electron chi connectivity index (χ0n) is 13.9. The summed E-state index contributed by atoms with van der Waals surface area (Å²) in [7, 11) is 0. The van der Waals surface area contributed by atoms with Crippen molar-refractivity contribution in [2.75, 3.05) is 11.9 Å². The number of hydrogen-bond donors (Lipinski definition) is 1. The lowest BCUT2D eigenvalue weighted by Crippen LogP contribution is -2.21. The molecule has 0 bridgehead atoms. The number of benzene rings is 2. The lowest BCUT2D eigenvalue weighted by molar-refractivity contribution is -0.119. The molecule has 0 saturated heterocycles. The van der Waals surface area contributed by atoms with Crippen LogP contribution >= 0.6 is 11.3 Å². The van der Waals surface area contributed by atoms with Crippen LogP contribution in [0.3, 0.4) is 0 Å². The minimum absolute atomic E-state index is 0.143. The number of nitrogens with zero attached hydrogens (tertiary/aromatic N) is 1. The zero-order chi connectivity index (χ0) is 18.5. The van der Waals surface area contributed by atoms with Gasteiger partial charge in [0.2, 0.25) is 0 Å². The Bertz CT molecular complexity index is 938. The van der Waals surface area contributed by atoms with E-state index in [1.165, 1.54) is 35.6 Å². The van der Waals surface area contributed by atoms with Crippen molar-refractivity contribution in [3.8, 4) is 10.6 Å². The quantitative estimate of drug-likeness (QED) is 0.688. The maximum atomic E-state index is 13.1. The third kappa shape index (κ3) is 4.52. The molecule has 26 heavy (non-hydrogen) atoms. The Hall–Kier alpha value is -3.06. The average molecular weight is 370 g/mol. The number of anilines is 1. The van der Waals surface area contributed by atoms with Gasteiger partial charge in [-0.2, -0.15) is 0 Å². The van der Waals surface area contributed by atoms with Crippen molar-refractivity contribution in [2.24, 2.45) is 0 Å². The monoisotopic (exact) mass is 370 g/mol. The molecular formula is C19H15FN2O3S. The molecule has 0 unspecified atom stereocenters. The van der Waals surface area contributed by atoms with Crippen LogP contribution in [0.1, 0.15) is 16.1 Å². The molecule has 0 aliphatic heterocycles. The highest BCUT2D eigenvalue weighted by Crippen LogP contribution is 2.24. The Morgan fingerprint density at radius 2 is 1.96 bits per heavy atom. The summed E-state index contributed by atoms with van der Waals surface area (Å²) >= 11 is 1.32. The Morgan fingerprint density at radius 3 is 2.69 bits per heavy atom. The number of ether oxygens (including phenoxy) is 1. The van der Waals surface area contributed by atoms with Gasteiger partial charge in [-0.15, -0.1) is 11.3 Å². The van der Waals surface area contributed by atoms with E-state index in [0.29, 0.717) is 10.7 Å². The summed E-state index contributed by atoms with van der Waals surface area (Å²) in [5, 5.41) is 4.73. The fourth-order valence-corrected chi connectivity index (χ4v) is 2.96. The van der Waals surface area contributed by atoms with Crippen LogP contribution in [0, 0.1) is 12.7 Å². The van der Waals surface area contributed by atoms with E-state index in [9.17, 15) is 14.0 Å². The second-order valence-electron chi connectivity index (χ2n) is 5.54. The first-order valence-electron chi connectivity index (χ1n) is 7.76. The number of carbonyl (C=O) groups is 2. The van der Waals surface area contributed by atoms with Gasteiger partial charge in [-0.3, -0.25) is 4.79 Å². The third-order valence-corrected chi connectivity index (χ3v) is 4.35. The maximum absolute atomic E-state index is 13.1. The van der Waals surface area contributed by atoms with Crippen molar-refractivity contribution in [2.45, 2.75) is 6.92 Å². The lowest BCUT2D eigenvalue weighted by atomic mass is 10.2. The minimum atomic E-state index is -0.686. The summed E-state index contributed by atoms with van der Waals surface area (Å²) in [6, 6.07) is 13.2. The van der Waals surface area contributed by atoms with E-state index in [2.05, 4.69) is 10.3 Å². The van der Waals surface area contributed by atoms with E-state index in [4.69, 9.17) is 4.74 Å². The smallest absolute Gasteiger partial charge is 0.358 e. The van der Waals surface area contributed by atoms with E-state index in [0.717, 1.165) is 11.1 Å². The summed E-state index contributed by atoms with van der Waals surface area (Å²) in [5.41, 5.74) is 2.48. The van der Waals surface area contributed by atoms with Crippen molar-refractivity contribution < 1.29 is 18.7 Å². The molecule has 5 nitrogen and oxygen atoms in total. The van der Waals surface area contributed by atoms with E-state index in [1.54, 1.807) is 5.38 Å². The Balaban J connectivity index is 1.56. The van der Waals surface area contributed by atoms with Gasteiger partial charge in [-0.25, -0.2) is 14.2 Å². The van der Waals surface area contributed by atoms with Gasteiger partial charge in [0.25, 0.3) is 5.91 Å². The fourth-order valence-electron chi connectivity index (χ4n) is 2.16. The summed E-state index contributed by atoms with van der Waals surface area (Å²) in [6.07, 6.45) is 0. The van der Waals surface area contributed by atoms with Gasteiger partial charge in [0.15, 0.2) is 12.3 Å². The van der Waals surface area contributed by atoms with Gasteiger partial charge in [0.1, 0.15) is 10.8 Å². The number of aromatic nitrogens is 1. The molecule has 0 atom stereocenters. The van der Waals surface area contributed by atoms with E-state index < -0.39 is 24.3 Å². The number of amides is 1. The lowest BCUT2D eigenvalue weighted by Gasteiger charge is -2.05. The molecule has 0 saturated carbocycles. The van der Waals surface area contributed by atoms with Crippen LogP contribution in [0.5, 0.6) is 0 Å². The van der Waals surface area contributed by atoms with Gasteiger partial charge < -0.3 is 10.1 Å². The van der Waals surface area contributed by atoms with E-state index >= 15 is 0 Å². The van der Waals surface area contributed by atoms with Crippen LogP contribution in [0.25, 0.3) is 10.6 Å². The molecule has 1 aromatic heterocycles. The van der Waals surface area contributed by atoms with Gasteiger partial charge in [-0.05, 0) is 25.1 Å². The summed E-state index contributed by atoms with van der Waals surface area (Å²) in [4.78, 5) is 28.1. The van der Waals surface area contributed by atoms with Crippen LogP contribution in [0.4, 0.5) is 10.1 Å². The predicted octanol–water partition coefficient (Wildman–Crippen LogP) is 4.05. The number of carbonyl (C=O) groups excluding carboxylic acids is 2. The first-order valence-corrected chi connectivity index (χ1v) is 8.64. The second-order valence-corrected chi connectivity index (χ2v) is 6.40. The summed E-state index contributed by atoms with van der Waals surface area (Å²) in [5.74, 6) is -1.71. The highest BCUT2D eigenvalue weighted by atomic mass is 32.1. The average Bonchev–Trinajstić information content (AvgIpc) is 3.10. The first kappa shape index (κ1) is 17.8. The number of rotatable bonds is 5. The molecule has 0 radical (unpaired) electrons. The standard InChI is InChI=1S/C19H15FN2O3S/c1-12-5-7-13(8-6-12)18-22-16(11-26-18)19(24)25-10-17(23)21-15-4-2-3-14(20)9-15/h2-9,11H,10H2,1H3,(H,21,23). The van der Waals surface area contributed by atoms with E-state index in [1.807, 2.05) is 31.2 Å². The Morgan fingerprint density at radius 1 is 1.19 bits per heavy atom. The number of halogens is 1. The van der Waals surface area contributed by atoms with Crippen LogP contribution in [0.2, 0.25) is 0 Å². The van der Waals surface area contributed by atoms with Crippen molar-refractivity contribution in [1.29, 1.82) is 0 Å². The molecule has 1 amide bonds. The largest absolute Gasteiger partial charge is 0.451 e. The number of nitrogens with one attached hydrogen (secondary N) is 1. The topological polar surface area (TPSA) is 68.3 Å².